The van der Waals surface area contributed by atoms with Crippen molar-refractivity contribution in [1.29, 1.82) is 0 Å². The van der Waals surface area contributed by atoms with Crippen LogP contribution in [0.3, 0.4) is 0 Å². The first-order valence-corrected chi connectivity index (χ1v) is 9.33. The summed E-state index contributed by atoms with van der Waals surface area (Å²) in [5.74, 6) is -0.296. The van der Waals surface area contributed by atoms with Gasteiger partial charge in [-0.3, -0.25) is 19.0 Å². The van der Waals surface area contributed by atoms with Crippen LogP contribution < -0.4 is 0 Å². The molecule has 1 atom stereocenters. The number of nitrogens with zero attached hydrogens (tertiary/aromatic N) is 1. The molecule has 5 heteroatoms. The Morgan fingerprint density at radius 2 is 1.74 bits per heavy atom. The minimum absolute atomic E-state index is 0.0194. The third-order valence-corrected chi connectivity index (χ3v) is 4.86. The number of fused-ring (bicyclic) bond motifs is 2. The van der Waals surface area contributed by atoms with Gasteiger partial charge >= 0.3 is 5.97 Å². The molecule has 3 rings (SSSR count). The van der Waals surface area contributed by atoms with Crippen LogP contribution in [0.15, 0.2) is 24.4 Å². The van der Waals surface area contributed by atoms with Crippen molar-refractivity contribution in [2.24, 2.45) is 10.8 Å². The van der Waals surface area contributed by atoms with Crippen LogP contribution in [0.4, 0.5) is 0 Å². The van der Waals surface area contributed by atoms with Crippen LogP contribution in [0.25, 0.3) is 10.9 Å². The molecule has 0 amide bonds. The Hall–Kier alpha value is -2.43. The van der Waals surface area contributed by atoms with Crippen LogP contribution in [0.5, 0.6) is 0 Å². The number of carbonyl (C=O) groups excluding carboxylic acids is 3. The molecule has 5 nitrogen and oxygen atoms in total. The summed E-state index contributed by atoms with van der Waals surface area (Å²) in [4.78, 5) is 37.6. The summed E-state index contributed by atoms with van der Waals surface area (Å²) in [5, 5.41) is 0.859. The molecule has 1 unspecified atom stereocenters. The number of ether oxygens (including phenoxy) is 1. The molecule has 0 radical (unpaired) electrons. The highest BCUT2D eigenvalue weighted by Gasteiger charge is 2.33. The number of benzene rings is 1. The molecule has 0 fully saturated rings. The first-order chi connectivity index (χ1) is 12.4. The zero-order valence-electron chi connectivity index (χ0n) is 16.9. The maximum absolute atomic E-state index is 12.7. The van der Waals surface area contributed by atoms with Gasteiger partial charge in [0.05, 0.1) is 10.9 Å². The number of hydrogen-bond acceptors (Lipinski definition) is 4. The number of Topliss-reactive ketones (excluding diaryl/α,β-unsaturated/α-hetero) is 1. The van der Waals surface area contributed by atoms with E-state index in [1.165, 1.54) is 0 Å². The SMILES string of the molecule is CC(C)(C)C(=O)OC1CCC(=O)c2cc3c(ccn3C(=O)C(C)(C)C)cc21. The van der Waals surface area contributed by atoms with E-state index in [0.29, 0.717) is 23.9 Å². The van der Waals surface area contributed by atoms with Crippen molar-refractivity contribution < 1.29 is 19.1 Å². The maximum Gasteiger partial charge on any atom is 0.311 e. The smallest absolute Gasteiger partial charge is 0.311 e. The van der Waals surface area contributed by atoms with E-state index in [0.717, 1.165) is 10.9 Å². The van der Waals surface area contributed by atoms with Crippen molar-refractivity contribution in [3.05, 3.63) is 35.5 Å². The van der Waals surface area contributed by atoms with Crippen molar-refractivity contribution >= 4 is 28.6 Å². The number of ketones is 1. The molecule has 0 saturated carbocycles. The van der Waals surface area contributed by atoms with Crippen molar-refractivity contribution in [2.75, 3.05) is 0 Å². The second-order valence-electron chi connectivity index (χ2n) is 9.34. The lowest BCUT2D eigenvalue weighted by atomic mass is 9.87. The molecule has 27 heavy (non-hydrogen) atoms. The fourth-order valence-electron chi connectivity index (χ4n) is 3.23. The lowest BCUT2D eigenvalue weighted by Gasteiger charge is -2.28. The van der Waals surface area contributed by atoms with E-state index in [1.54, 1.807) is 16.8 Å². The van der Waals surface area contributed by atoms with Crippen LogP contribution in [0, 0.1) is 10.8 Å². The van der Waals surface area contributed by atoms with Crippen LogP contribution >= 0.6 is 0 Å². The number of aromatic nitrogens is 1. The first kappa shape index (κ1) is 19.3. The standard InChI is InChI=1S/C22H27NO4/c1-21(2,3)19(25)23-10-9-13-11-15-14(12-16(13)23)17(24)7-8-18(15)27-20(26)22(4,5)6/h9-12,18H,7-8H2,1-6H3. The molecule has 0 N–H and O–H groups in total. The van der Waals surface area contributed by atoms with Gasteiger partial charge in [-0.2, -0.15) is 0 Å². The zero-order valence-corrected chi connectivity index (χ0v) is 16.9. The zero-order chi connectivity index (χ0) is 20.1. The Kier molecular flexibility index (Phi) is 4.53. The Morgan fingerprint density at radius 1 is 1.07 bits per heavy atom. The molecule has 1 aliphatic rings. The average molecular weight is 369 g/mol. The summed E-state index contributed by atoms with van der Waals surface area (Å²) in [7, 11) is 0. The Balaban J connectivity index is 2.07. The van der Waals surface area contributed by atoms with Gasteiger partial charge < -0.3 is 4.74 Å². The quantitative estimate of drug-likeness (QED) is 0.668. The van der Waals surface area contributed by atoms with E-state index in [2.05, 4.69) is 0 Å². The van der Waals surface area contributed by atoms with Gasteiger partial charge in [0.1, 0.15) is 6.10 Å². The molecular weight excluding hydrogens is 342 g/mol. The van der Waals surface area contributed by atoms with E-state index in [-0.39, 0.29) is 17.7 Å². The summed E-state index contributed by atoms with van der Waals surface area (Å²) in [6.07, 6.45) is 2.12. The summed E-state index contributed by atoms with van der Waals surface area (Å²) in [5.41, 5.74) is 0.856. The summed E-state index contributed by atoms with van der Waals surface area (Å²) in [6, 6.07) is 5.52. The molecule has 0 aliphatic heterocycles. The van der Waals surface area contributed by atoms with Gasteiger partial charge in [0.25, 0.3) is 0 Å². The minimum Gasteiger partial charge on any atom is -0.457 e. The van der Waals surface area contributed by atoms with E-state index in [1.807, 2.05) is 53.7 Å². The normalized spacial score (nSPS) is 17.7. The predicted molar refractivity (Wildman–Crippen MR) is 104 cm³/mol. The van der Waals surface area contributed by atoms with E-state index in [9.17, 15) is 14.4 Å². The molecule has 1 heterocycles. The summed E-state index contributed by atoms with van der Waals surface area (Å²) < 4.78 is 7.33. The Bertz CT molecular complexity index is 938. The molecule has 0 bridgehead atoms. The second kappa shape index (κ2) is 6.32. The van der Waals surface area contributed by atoms with Gasteiger partial charge in [-0.1, -0.05) is 20.8 Å². The van der Waals surface area contributed by atoms with E-state index < -0.39 is 16.9 Å². The molecule has 1 aromatic carbocycles. The molecular formula is C22H27NO4. The highest BCUT2D eigenvalue weighted by atomic mass is 16.5. The third-order valence-electron chi connectivity index (χ3n) is 4.86. The third kappa shape index (κ3) is 3.55. The Morgan fingerprint density at radius 3 is 2.33 bits per heavy atom. The van der Waals surface area contributed by atoms with Gasteiger partial charge in [-0.15, -0.1) is 0 Å². The lowest BCUT2D eigenvalue weighted by molar-refractivity contribution is -0.159. The topological polar surface area (TPSA) is 65.4 Å². The van der Waals surface area contributed by atoms with Gasteiger partial charge in [-0.05, 0) is 45.4 Å². The highest BCUT2D eigenvalue weighted by Crippen LogP contribution is 2.37. The van der Waals surface area contributed by atoms with Gasteiger partial charge in [-0.25, -0.2) is 0 Å². The van der Waals surface area contributed by atoms with Crippen LogP contribution in [-0.2, 0) is 9.53 Å². The minimum atomic E-state index is -0.603. The number of hydrogen-bond donors (Lipinski definition) is 0. The molecule has 2 aromatic rings. The van der Waals surface area contributed by atoms with Gasteiger partial charge in [0.2, 0.25) is 5.91 Å². The fourth-order valence-corrected chi connectivity index (χ4v) is 3.23. The molecule has 144 valence electrons. The second-order valence-corrected chi connectivity index (χ2v) is 9.34. The summed E-state index contributed by atoms with van der Waals surface area (Å²) in [6.45, 7) is 11.0. The molecule has 1 aliphatic carbocycles. The van der Waals surface area contributed by atoms with Crippen LogP contribution in [-0.4, -0.2) is 22.2 Å². The fraction of sp³-hybridized carbons (Fsp3) is 0.500. The van der Waals surface area contributed by atoms with Crippen molar-refractivity contribution in [2.45, 2.75) is 60.5 Å². The lowest BCUT2D eigenvalue weighted by Crippen LogP contribution is -2.28. The maximum atomic E-state index is 12.7. The molecule has 0 spiro atoms. The van der Waals surface area contributed by atoms with Crippen molar-refractivity contribution in [1.82, 2.24) is 4.57 Å². The number of carbonyl (C=O) groups is 3. The van der Waals surface area contributed by atoms with Gasteiger partial charge in [0.15, 0.2) is 5.78 Å². The van der Waals surface area contributed by atoms with Gasteiger partial charge in [0, 0.05) is 34.5 Å². The first-order valence-electron chi connectivity index (χ1n) is 9.33. The summed E-state index contributed by atoms with van der Waals surface area (Å²) >= 11 is 0. The molecule has 0 saturated heterocycles. The van der Waals surface area contributed by atoms with E-state index >= 15 is 0 Å². The van der Waals surface area contributed by atoms with E-state index in [4.69, 9.17) is 4.74 Å². The largest absolute Gasteiger partial charge is 0.457 e. The highest BCUT2D eigenvalue weighted by molar-refractivity contribution is 6.04. The van der Waals surface area contributed by atoms with Crippen LogP contribution in [0.1, 0.15) is 81.2 Å². The number of rotatable bonds is 1. The monoisotopic (exact) mass is 369 g/mol. The average Bonchev–Trinajstić information content (AvgIpc) is 2.96. The Labute approximate surface area is 159 Å². The predicted octanol–water partition coefficient (Wildman–Crippen LogP) is 4.93. The van der Waals surface area contributed by atoms with Crippen LogP contribution in [0.2, 0.25) is 0 Å². The number of esters is 1. The van der Waals surface area contributed by atoms with Crippen molar-refractivity contribution in [3.63, 3.8) is 0 Å². The molecule has 1 aromatic heterocycles. The van der Waals surface area contributed by atoms with Crippen molar-refractivity contribution in [3.8, 4) is 0 Å².